The number of ether oxygens (including phenoxy) is 1. The number of methoxy groups -OCH3 is 1. The van der Waals surface area contributed by atoms with E-state index >= 15 is 0 Å². The van der Waals surface area contributed by atoms with Gasteiger partial charge in [0.25, 0.3) is 0 Å². The number of benzene rings is 1. The summed E-state index contributed by atoms with van der Waals surface area (Å²) in [6.07, 6.45) is 2.47. The summed E-state index contributed by atoms with van der Waals surface area (Å²) in [6, 6.07) is 7.29. The van der Waals surface area contributed by atoms with Gasteiger partial charge in [0.1, 0.15) is 0 Å². The Morgan fingerprint density at radius 1 is 1.38 bits per heavy atom. The van der Waals surface area contributed by atoms with Gasteiger partial charge >= 0.3 is 0 Å². The fraction of sp³-hybridized carbons (Fsp3) is 0.471. The fourth-order valence-electron chi connectivity index (χ4n) is 2.24. The molecule has 1 amide bonds. The standard InChI is InChI=1S/C17H22ClN3O3/c1-3-14(11-23-2)19-15(22)5-4-6-16-20-17(21-24-16)12-7-9-13(18)10-8-12/h7-10,14H,3-6,11H2,1-2H3,(H,19,22). The highest BCUT2D eigenvalue weighted by Crippen LogP contribution is 2.19. The molecule has 0 saturated carbocycles. The van der Waals surface area contributed by atoms with Crippen molar-refractivity contribution < 1.29 is 14.1 Å². The molecule has 0 radical (unpaired) electrons. The molecule has 0 fully saturated rings. The molecule has 24 heavy (non-hydrogen) atoms. The molecule has 0 bridgehead atoms. The van der Waals surface area contributed by atoms with E-state index in [1.807, 2.05) is 19.1 Å². The minimum absolute atomic E-state index is 0.0105. The summed E-state index contributed by atoms with van der Waals surface area (Å²) in [5.74, 6) is 1.06. The zero-order chi connectivity index (χ0) is 17.4. The average molecular weight is 352 g/mol. The number of hydrogen-bond donors (Lipinski definition) is 1. The number of aryl methyl sites for hydroxylation is 1. The molecule has 0 saturated heterocycles. The molecule has 7 heteroatoms. The van der Waals surface area contributed by atoms with Crippen molar-refractivity contribution >= 4 is 17.5 Å². The summed E-state index contributed by atoms with van der Waals surface area (Å²) in [5.41, 5.74) is 0.845. The maximum absolute atomic E-state index is 11.9. The second-order valence-corrected chi connectivity index (χ2v) is 5.94. The van der Waals surface area contributed by atoms with Crippen molar-refractivity contribution in [2.24, 2.45) is 0 Å². The van der Waals surface area contributed by atoms with Gasteiger partial charge < -0.3 is 14.6 Å². The topological polar surface area (TPSA) is 77.2 Å². The zero-order valence-electron chi connectivity index (χ0n) is 13.9. The predicted molar refractivity (Wildman–Crippen MR) is 91.8 cm³/mol. The van der Waals surface area contributed by atoms with Crippen LogP contribution in [0.3, 0.4) is 0 Å². The summed E-state index contributed by atoms with van der Waals surface area (Å²) in [5, 5.41) is 7.56. The number of hydrogen-bond acceptors (Lipinski definition) is 5. The number of amides is 1. The first kappa shape index (κ1) is 18.4. The summed E-state index contributed by atoms with van der Waals surface area (Å²) in [7, 11) is 1.63. The fourth-order valence-corrected chi connectivity index (χ4v) is 2.36. The highest BCUT2D eigenvalue weighted by Gasteiger charge is 2.12. The van der Waals surface area contributed by atoms with Crippen molar-refractivity contribution in [1.29, 1.82) is 0 Å². The predicted octanol–water partition coefficient (Wildman–Crippen LogP) is 3.25. The van der Waals surface area contributed by atoms with Crippen LogP contribution in [0.2, 0.25) is 5.02 Å². The number of carbonyl (C=O) groups excluding carboxylic acids is 1. The number of carbonyl (C=O) groups is 1. The highest BCUT2D eigenvalue weighted by atomic mass is 35.5. The van der Waals surface area contributed by atoms with Crippen LogP contribution in [0, 0.1) is 0 Å². The SMILES string of the molecule is CCC(COC)NC(=O)CCCc1nc(-c2ccc(Cl)cc2)no1. The van der Waals surface area contributed by atoms with Gasteiger partial charge in [-0.15, -0.1) is 0 Å². The van der Waals surface area contributed by atoms with E-state index in [4.69, 9.17) is 20.9 Å². The first-order chi connectivity index (χ1) is 11.6. The van der Waals surface area contributed by atoms with Gasteiger partial charge in [-0.2, -0.15) is 4.98 Å². The van der Waals surface area contributed by atoms with Gasteiger partial charge in [0.15, 0.2) is 0 Å². The number of rotatable bonds is 9. The van der Waals surface area contributed by atoms with E-state index in [0.717, 1.165) is 12.0 Å². The van der Waals surface area contributed by atoms with Gasteiger partial charge in [-0.25, -0.2) is 0 Å². The second kappa shape index (κ2) is 9.39. The molecule has 0 aliphatic heterocycles. The maximum atomic E-state index is 11.9. The molecule has 2 aromatic rings. The average Bonchev–Trinajstić information content (AvgIpc) is 3.04. The Kier molecular flexibility index (Phi) is 7.21. The third-order valence-corrected chi connectivity index (χ3v) is 3.84. The van der Waals surface area contributed by atoms with Crippen molar-refractivity contribution in [3.8, 4) is 11.4 Å². The Balaban J connectivity index is 1.79. The van der Waals surface area contributed by atoms with Crippen LogP contribution in [0.15, 0.2) is 28.8 Å². The minimum atomic E-state index is 0.0105. The lowest BCUT2D eigenvalue weighted by Crippen LogP contribution is -2.37. The maximum Gasteiger partial charge on any atom is 0.226 e. The van der Waals surface area contributed by atoms with Crippen LogP contribution in [0.5, 0.6) is 0 Å². The van der Waals surface area contributed by atoms with Crippen LogP contribution in [0.25, 0.3) is 11.4 Å². The second-order valence-electron chi connectivity index (χ2n) is 5.50. The minimum Gasteiger partial charge on any atom is -0.383 e. The van der Waals surface area contributed by atoms with Crippen molar-refractivity contribution in [2.75, 3.05) is 13.7 Å². The molecule has 2 rings (SSSR count). The van der Waals surface area contributed by atoms with E-state index in [1.165, 1.54) is 0 Å². The molecule has 0 aliphatic rings. The van der Waals surface area contributed by atoms with Crippen molar-refractivity contribution in [3.05, 3.63) is 35.2 Å². The van der Waals surface area contributed by atoms with Gasteiger partial charge in [-0.05, 0) is 37.1 Å². The summed E-state index contributed by atoms with van der Waals surface area (Å²) in [4.78, 5) is 16.2. The van der Waals surface area contributed by atoms with Gasteiger partial charge in [0.2, 0.25) is 17.6 Å². The Hall–Kier alpha value is -1.92. The Bertz CT molecular complexity index is 643. The Labute approximate surface area is 146 Å². The van der Waals surface area contributed by atoms with E-state index in [0.29, 0.717) is 42.6 Å². The molecule has 1 aromatic heterocycles. The molecule has 6 nitrogen and oxygen atoms in total. The first-order valence-electron chi connectivity index (χ1n) is 7.99. The lowest BCUT2D eigenvalue weighted by Gasteiger charge is -2.15. The summed E-state index contributed by atoms with van der Waals surface area (Å²) >= 11 is 5.86. The molecule has 130 valence electrons. The molecule has 0 spiro atoms. The largest absolute Gasteiger partial charge is 0.383 e. The van der Waals surface area contributed by atoms with E-state index in [-0.39, 0.29) is 11.9 Å². The molecule has 1 heterocycles. The monoisotopic (exact) mass is 351 g/mol. The lowest BCUT2D eigenvalue weighted by molar-refractivity contribution is -0.122. The Morgan fingerprint density at radius 3 is 2.79 bits per heavy atom. The molecule has 1 N–H and O–H groups in total. The van der Waals surface area contributed by atoms with Crippen LogP contribution in [0.4, 0.5) is 0 Å². The van der Waals surface area contributed by atoms with Crippen molar-refractivity contribution in [2.45, 2.75) is 38.6 Å². The highest BCUT2D eigenvalue weighted by molar-refractivity contribution is 6.30. The number of halogens is 1. The molecule has 1 atom stereocenters. The number of nitrogens with one attached hydrogen (secondary N) is 1. The van der Waals surface area contributed by atoms with Crippen molar-refractivity contribution in [3.63, 3.8) is 0 Å². The van der Waals surface area contributed by atoms with Crippen LogP contribution in [0.1, 0.15) is 32.1 Å². The first-order valence-corrected chi connectivity index (χ1v) is 8.37. The summed E-state index contributed by atoms with van der Waals surface area (Å²) in [6.45, 7) is 2.54. The number of nitrogens with zero attached hydrogens (tertiary/aromatic N) is 2. The lowest BCUT2D eigenvalue weighted by atomic mass is 10.2. The van der Waals surface area contributed by atoms with Gasteiger partial charge in [0, 0.05) is 30.5 Å². The van der Waals surface area contributed by atoms with E-state index < -0.39 is 0 Å². The van der Waals surface area contributed by atoms with E-state index in [2.05, 4.69) is 15.5 Å². The van der Waals surface area contributed by atoms with E-state index in [1.54, 1.807) is 19.2 Å². The van der Waals surface area contributed by atoms with Gasteiger partial charge in [-0.3, -0.25) is 4.79 Å². The van der Waals surface area contributed by atoms with Crippen LogP contribution in [-0.4, -0.2) is 35.8 Å². The molecule has 1 unspecified atom stereocenters. The Morgan fingerprint density at radius 2 is 2.12 bits per heavy atom. The number of aromatic nitrogens is 2. The quantitative estimate of drug-likeness (QED) is 0.750. The van der Waals surface area contributed by atoms with Crippen LogP contribution < -0.4 is 5.32 Å². The third kappa shape index (κ3) is 5.62. The zero-order valence-corrected chi connectivity index (χ0v) is 14.7. The van der Waals surface area contributed by atoms with Gasteiger partial charge in [-0.1, -0.05) is 23.7 Å². The van der Waals surface area contributed by atoms with Crippen LogP contribution >= 0.6 is 11.6 Å². The van der Waals surface area contributed by atoms with E-state index in [9.17, 15) is 4.79 Å². The molecule has 1 aromatic carbocycles. The smallest absolute Gasteiger partial charge is 0.226 e. The molecule has 0 aliphatic carbocycles. The molecular weight excluding hydrogens is 330 g/mol. The van der Waals surface area contributed by atoms with Gasteiger partial charge in [0.05, 0.1) is 12.6 Å². The van der Waals surface area contributed by atoms with Crippen molar-refractivity contribution in [1.82, 2.24) is 15.5 Å². The normalized spacial score (nSPS) is 12.1. The molecular formula is C17H22ClN3O3. The third-order valence-electron chi connectivity index (χ3n) is 3.59. The van der Waals surface area contributed by atoms with Crippen LogP contribution in [-0.2, 0) is 16.0 Å². The summed E-state index contributed by atoms with van der Waals surface area (Å²) < 4.78 is 10.3.